The molecule has 4 heteroatoms. The van der Waals surface area contributed by atoms with Crippen LogP contribution in [0.25, 0.3) is 21.9 Å². The molecule has 0 N–H and O–H groups in total. The monoisotopic (exact) mass is 268 g/mol. The van der Waals surface area contributed by atoms with Crippen LogP contribution < -0.4 is 5.43 Å². The Morgan fingerprint density at radius 3 is 2.65 bits per heavy atom. The van der Waals surface area contributed by atoms with Crippen LogP contribution in [0.4, 0.5) is 0 Å². The number of hydrogen-bond acceptors (Lipinski definition) is 4. The maximum atomic E-state index is 12.5. The smallest absolute Gasteiger partial charge is 0.339 e. The molecule has 4 nitrogen and oxygen atoms in total. The van der Waals surface area contributed by atoms with Gasteiger partial charge in [-0.05, 0) is 31.2 Å². The number of ether oxygens (including phenoxy) is 1. The zero-order chi connectivity index (χ0) is 14.1. The van der Waals surface area contributed by atoms with Gasteiger partial charge in [-0.3, -0.25) is 4.79 Å². The first-order valence-electron chi connectivity index (χ1n) is 6.34. The molecule has 0 unspecified atom stereocenters. The van der Waals surface area contributed by atoms with Crippen LogP contribution in [0, 0.1) is 0 Å². The van der Waals surface area contributed by atoms with Crippen LogP contribution in [-0.4, -0.2) is 12.6 Å². The second-order valence-electron chi connectivity index (χ2n) is 4.33. The number of carbonyl (C=O) groups excluding carboxylic acids is 1. The Morgan fingerprint density at radius 1 is 1.10 bits per heavy atom. The van der Waals surface area contributed by atoms with Crippen molar-refractivity contribution in [2.24, 2.45) is 0 Å². The minimum Gasteiger partial charge on any atom is -0.462 e. The van der Waals surface area contributed by atoms with Gasteiger partial charge in [0.2, 0.25) is 5.43 Å². The van der Waals surface area contributed by atoms with Gasteiger partial charge in [-0.1, -0.05) is 18.2 Å². The lowest BCUT2D eigenvalue weighted by Gasteiger charge is -2.06. The van der Waals surface area contributed by atoms with Crippen molar-refractivity contribution in [1.82, 2.24) is 0 Å². The Hall–Kier alpha value is -2.62. The molecule has 3 aromatic rings. The van der Waals surface area contributed by atoms with E-state index >= 15 is 0 Å². The van der Waals surface area contributed by atoms with E-state index in [1.165, 1.54) is 0 Å². The second-order valence-corrected chi connectivity index (χ2v) is 4.33. The Kier molecular flexibility index (Phi) is 2.99. The fourth-order valence-electron chi connectivity index (χ4n) is 2.23. The molecule has 0 radical (unpaired) electrons. The van der Waals surface area contributed by atoms with E-state index in [9.17, 15) is 9.59 Å². The molecule has 100 valence electrons. The van der Waals surface area contributed by atoms with Crippen molar-refractivity contribution < 1.29 is 13.9 Å². The van der Waals surface area contributed by atoms with E-state index in [1.54, 1.807) is 49.4 Å². The average molecular weight is 268 g/mol. The minimum absolute atomic E-state index is 0.217. The molecule has 0 aliphatic rings. The molecule has 0 atom stereocenters. The van der Waals surface area contributed by atoms with Crippen molar-refractivity contribution in [3.8, 4) is 0 Å². The third-order valence-electron chi connectivity index (χ3n) is 3.10. The summed E-state index contributed by atoms with van der Waals surface area (Å²) in [5.74, 6) is -0.513. The topological polar surface area (TPSA) is 56.5 Å². The van der Waals surface area contributed by atoms with Crippen molar-refractivity contribution in [2.45, 2.75) is 6.92 Å². The van der Waals surface area contributed by atoms with Gasteiger partial charge in [0.1, 0.15) is 11.2 Å². The summed E-state index contributed by atoms with van der Waals surface area (Å²) in [6, 6.07) is 11.9. The molecule has 0 bridgehead atoms. The minimum atomic E-state index is -0.513. The van der Waals surface area contributed by atoms with Gasteiger partial charge in [-0.2, -0.15) is 0 Å². The first-order valence-corrected chi connectivity index (χ1v) is 6.34. The second kappa shape index (κ2) is 4.81. The summed E-state index contributed by atoms with van der Waals surface area (Å²) in [6.45, 7) is 1.98. The number of carbonyl (C=O) groups is 1. The van der Waals surface area contributed by atoms with Gasteiger partial charge in [0, 0.05) is 0 Å². The molecule has 0 amide bonds. The van der Waals surface area contributed by atoms with E-state index in [4.69, 9.17) is 9.15 Å². The molecule has 2 aromatic carbocycles. The van der Waals surface area contributed by atoms with Crippen LogP contribution >= 0.6 is 0 Å². The lowest BCUT2D eigenvalue weighted by molar-refractivity contribution is 0.0528. The number of fused-ring (bicyclic) bond motifs is 2. The summed E-state index contributed by atoms with van der Waals surface area (Å²) in [6.07, 6.45) is 0. The zero-order valence-corrected chi connectivity index (χ0v) is 10.9. The molecule has 0 fully saturated rings. The van der Waals surface area contributed by atoms with E-state index in [0.29, 0.717) is 16.6 Å². The lowest BCUT2D eigenvalue weighted by atomic mass is 10.1. The maximum Gasteiger partial charge on any atom is 0.339 e. The third kappa shape index (κ3) is 1.86. The molecule has 0 saturated carbocycles. The number of hydrogen-bond donors (Lipinski definition) is 0. The third-order valence-corrected chi connectivity index (χ3v) is 3.10. The van der Waals surface area contributed by atoms with Crippen molar-refractivity contribution in [3.63, 3.8) is 0 Å². The van der Waals surface area contributed by atoms with Gasteiger partial charge >= 0.3 is 5.97 Å². The van der Waals surface area contributed by atoms with Crippen molar-refractivity contribution in [2.75, 3.05) is 6.61 Å². The zero-order valence-electron chi connectivity index (χ0n) is 10.9. The molecule has 3 rings (SSSR count). The van der Waals surface area contributed by atoms with Crippen molar-refractivity contribution in [1.29, 1.82) is 0 Å². The average Bonchev–Trinajstić information content (AvgIpc) is 2.47. The number of para-hydroxylation sites is 1. The van der Waals surface area contributed by atoms with Gasteiger partial charge in [0.15, 0.2) is 0 Å². The highest BCUT2D eigenvalue weighted by molar-refractivity contribution is 6.05. The quantitative estimate of drug-likeness (QED) is 0.529. The summed E-state index contributed by atoms with van der Waals surface area (Å²) in [7, 11) is 0. The maximum absolute atomic E-state index is 12.5. The van der Waals surface area contributed by atoms with E-state index in [-0.39, 0.29) is 23.0 Å². The van der Waals surface area contributed by atoms with Gasteiger partial charge < -0.3 is 9.15 Å². The van der Waals surface area contributed by atoms with E-state index in [1.807, 2.05) is 0 Å². The van der Waals surface area contributed by atoms with Crippen LogP contribution in [0.1, 0.15) is 17.3 Å². The number of rotatable bonds is 2. The molecule has 1 heterocycles. The molecule has 0 spiro atoms. The molecular formula is C16H12O4. The van der Waals surface area contributed by atoms with Crippen LogP contribution in [0.3, 0.4) is 0 Å². The van der Waals surface area contributed by atoms with Gasteiger partial charge in [0.25, 0.3) is 0 Å². The predicted octanol–water partition coefficient (Wildman–Crippen LogP) is 3.12. The van der Waals surface area contributed by atoms with Gasteiger partial charge in [-0.15, -0.1) is 0 Å². The van der Waals surface area contributed by atoms with E-state index in [2.05, 4.69) is 0 Å². The highest BCUT2D eigenvalue weighted by Gasteiger charge is 2.16. The Balaban J connectivity index is 2.42. The van der Waals surface area contributed by atoms with Gasteiger partial charge in [-0.25, -0.2) is 4.79 Å². The summed E-state index contributed by atoms with van der Waals surface area (Å²) in [4.78, 5) is 24.5. The summed E-state index contributed by atoms with van der Waals surface area (Å²) in [5, 5.41) is 0.724. The Bertz CT molecular complexity index is 861. The summed E-state index contributed by atoms with van der Waals surface area (Å²) >= 11 is 0. The molecular weight excluding hydrogens is 256 g/mol. The molecule has 0 aliphatic heterocycles. The highest BCUT2D eigenvalue weighted by atomic mass is 16.5. The first kappa shape index (κ1) is 12.4. The summed E-state index contributed by atoms with van der Waals surface area (Å²) < 4.78 is 10.7. The molecule has 20 heavy (non-hydrogen) atoms. The van der Waals surface area contributed by atoms with Gasteiger partial charge in [0.05, 0.1) is 22.9 Å². The first-order chi connectivity index (χ1) is 9.72. The predicted molar refractivity (Wildman–Crippen MR) is 75.9 cm³/mol. The Labute approximate surface area is 114 Å². The van der Waals surface area contributed by atoms with Crippen LogP contribution in [0.2, 0.25) is 0 Å². The SMILES string of the molecule is CCOC(=O)c1cccc2oc3ccccc3c(=O)c12. The van der Waals surface area contributed by atoms with E-state index < -0.39 is 5.97 Å². The number of esters is 1. The molecule has 0 saturated heterocycles. The molecule has 0 aliphatic carbocycles. The van der Waals surface area contributed by atoms with Crippen molar-refractivity contribution >= 4 is 27.9 Å². The number of benzene rings is 2. The Morgan fingerprint density at radius 2 is 1.85 bits per heavy atom. The van der Waals surface area contributed by atoms with Crippen LogP contribution in [-0.2, 0) is 4.74 Å². The van der Waals surface area contributed by atoms with Crippen LogP contribution in [0.15, 0.2) is 51.7 Å². The highest BCUT2D eigenvalue weighted by Crippen LogP contribution is 2.21. The lowest BCUT2D eigenvalue weighted by Crippen LogP contribution is -2.11. The molecule has 1 aromatic heterocycles. The normalized spacial score (nSPS) is 10.8. The fourth-order valence-corrected chi connectivity index (χ4v) is 2.23. The van der Waals surface area contributed by atoms with E-state index in [0.717, 1.165) is 0 Å². The standard InChI is InChI=1S/C16H12O4/c1-2-19-16(18)11-7-5-9-13-14(11)15(17)10-6-3-4-8-12(10)20-13/h3-9H,2H2,1H3. The fraction of sp³-hybridized carbons (Fsp3) is 0.125. The van der Waals surface area contributed by atoms with Crippen LogP contribution in [0.5, 0.6) is 0 Å². The largest absolute Gasteiger partial charge is 0.462 e. The summed E-state index contributed by atoms with van der Waals surface area (Å²) in [5.41, 5.74) is 0.916. The van der Waals surface area contributed by atoms with Crippen molar-refractivity contribution in [3.05, 3.63) is 58.3 Å².